The van der Waals surface area contributed by atoms with E-state index in [-0.39, 0.29) is 24.1 Å². The first-order valence-electron chi connectivity index (χ1n) is 16.2. The van der Waals surface area contributed by atoms with Crippen molar-refractivity contribution in [3.63, 3.8) is 0 Å². The van der Waals surface area contributed by atoms with Crippen LogP contribution in [0.3, 0.4) is 0 Å². The normalized spacial score (nSPS) is 21.4. The minimum Gasteiger partial charge on any atom is -0.461 e. The maximum atomic E-state index is 13.2. The van der Waals surface area contributed by atoms with Crippen molar-refractivity contribution in [2.45, 2.75) is 174 Å². The van der Waals surface area contributed by atoms with E-state index in [1.54, 1.807) is 0 Å². The maximum Gasteiger partial charge on any atom is 0.321 e. The molecule has 0 aromatic carbocycles. The summed E-state index contributed by atoms with van der Waals surface area (Å²) in [6, 6.07) is 0. The molecule has 0 bridgehead atoms. The lowest BCUT2D eigenvalue weighted by molar-refractivity contribution is -0.191. The van der Waals surface area contributed by atoms with Crippen molar-refractivity contribution < 1.29 is 23.9 Å². The summed E-state index contributed by atoms with van der Waals surface area (Å²) in [6.07, 6.45) is 24.6. The van der Waals surface area contributed by atoms with E-state index < -0.39 is 17.3 Å². The number of nitrogens with two attached hydrogens (primary N) is 1. The van der Waals surface area contributed by atoms with Gasteiger partial charge in [0, 0.05) is 6.42 Å². The van der Waals surface area contributed by atoms with Crippen molar-refractivity contribution >= 4 is 17.8 Å². The van der Waals surface area contributed by atoms with E-state index in [1.807, 2.05) is 6.92 Å². The second kappa shape index (κ2) is 18.7. The SMILES string of the molecule is CCCCCCCCCCCCCCCCCC(C[C@@H]1OC(=O)[C@H]1CC)OC(=O)C1(C(N)=O)CCCCC1. The number of ether oxygens (including phenoxy) is 2. The molecule has 0 radical (unpaired) electrons. The third-order valence-electron chi connectivity index (χ3n) is 8.93. The van der Waals surface area contributed by atoms with Crippen molar-refractivity contribution in [1.82, 2.24) is 0 Å². The Morgan fingerprint density at radius 3 is 1.79 bits per heavy atom. The molecule has 6 heteroatoms. The third-order valence-corrected chi connectivity index (χ3v) is 8.93. The van der Waals surface area contributed by atoms with Gasteiger partial charge in [-0.3, -0.25) is 14.4 Å². The molecule has 0 aromatic heterocycles. The van der Waals surface area contributed by atoms with E-state index in [4.69, 9.17) is 15.2 Å². The van der Waals surface area contributed by atoms with E-state index in [0.717, 1.165) is 44.9 Å². The van der Waals surface area contributed by atoms with E-state index in [0.29, 0.717) is 19.3 Å². The number of rotatable bonds is 22. The first-order valence-corrected chi connectivity index (χ1v) is 16.2. The first kappa shape index (κ1) is 32.6. The van der Waals surface area contributed by atoms with Crippen LogP contribution in [-0.2, 0) is 23.9 Å². The number of hydrogen-bond acceptors (Lipinski definition) is 5. The first-order chi connectivity index (χ1) is 18.4. The second-order valence-electron chi connectivity index (χ2n) is 12.0. The van der Waals surface area contributed by atoms with Crippen LogP contribution in [-0.4, -0.2) is 30.1 Å². The predicted octanol–water partition coefficient (Wildman–Crippen LogP) is 7.94. The molecular weight excluding hydrogens is 478 g/mol. The summed E-state index contributed by atoms with van der Waals surface area (Å²) >= 11 is 0. The number of cyclic esters (lactones) is 1. The fourth-order valence-electron chi connectivity index (χ4n) is 6.24. The molecule has 1 saturated heterocycles. The molecule has 1 unspecified atom stereocenters. The second-order valence-corrected chi connectivity index (χ2v) is 12.0. The highest BCUT2D eigenvalue weighted by Gasteiger charge is 2.48. The summed E-state index contributed by atoms with van der Waals surface area (Å²) in [5, 5.41) is 0. The number of carbonyl (C=O) groups excluding carboxylic acids is 3. The highest BCUT2D eigenvalue weighted by Crippen LogP contribution is 2.39. The summed E-state index contributed by atoms with van der Waals surface area (Å²) in [7, 11) is 0. The lowest BCUT2D eigenvalue weighted by Crippen LogP contribution is -2.49. The van der Waals surface area contributed by atoms with Gasteiger partial charge in [0.15, 0.2) is 0 Å². The van der Waals surface area contributed by atoms with Gasteiger partial charge in [-0.2, -0.15) is 0 Å². The molecule has 1 aliphatic carbocycles. The van der Waals surface area contributed by atoms with Crippen LogP contribution >= 0.6 is 0 Å². The molecule has 38 heavy (non-hydrogen) atoms. The number of primary amides is 1. The van der Waals surface area contributed by atoms with Crippen molar-refractivity contribution in [3.05, 3.63) is 0 Å². The standard InChI is InChI=1S/C32H57NO5/c1-3-5-6-7-8-9-10-11-12-13-14-15-16-17-19-22-26(25-28-27(4-2)29(34)38-28)37-31(36)32(30(33)35)23-20-18-21-24-32/h26-28H,3-25H2,1-2H3,(H2,33,35)/t26?,27-,28-/m0/s1. The molecule has 1 saturated carbocycles. The Morgan fingerprint density at radius 2 is 1.34 bits per heavy atom. The van der Waals surface area contributed by atoms with E-state index >= 15 is 0 Å². The summed E-state index contributed by atoms with van der Waals surface area (Å²) < 4.78 is 11.4. The minimum absolute atomic E-state index is 0.114. The monoisotopic (exact) mass is 535 g/mol. The fraction of sp³-hybridized carbons (Fsp3) is 0.906. The van der Waals surface area contributed by atoms with Gasteiger partial charge in [-0.1, -0.05) is 123 Å². The van der Waals surface area contributed by atoms with Gasteiger partial charge in [-0.25, -0.2) is 0 Å². The highest BCUT2D eigenvalue weighted by molar-refractivity contribution is 6.02. The Labute approximate surface area is 232 Å². The van der Waals surface area contributed by atoms with Crippen molar-refractivity contribution in [3.8, 4) is 0 Å². The smallest absolute Gasteiger partial charge is 0.321 e. The molecule has 1 amide bonds. The third kappa shape index (κ3) is 10.9. The zero-order valence-electron chi connectivity index (χ0n) is 24.6. The summed E-state index contributed by atoms with van der Waals surface area (Å²) in [5.41, 5.74) is 4.52. The Morgan fingerprint density at radius 1 is 0.842 bits per heavy atom. The average Bonchev–Trinajstić information content (AvgIpc) is 2.90. The van der Waals surface area contributed by atoms with Gasteiger partial charge in [0.1, 0.15) is 17.6 Å². The van der Waals surface area contributed by atoms with Crippen molar-refractivity contribution in [1.29, 1.82) is 0 Å². The Hall–Kier alpha value is -1.59. The zero-order valence-corrected chi connectivity index (χ0v) is 24.6. The highest BCUT2D eigenvalue weighted by atomic mass is 16.6. The number of carbonyl (C=O) groups is 3. The van der Waals surface area contributed by atoms with Crippen LogP contribution in [0.1, 0.15) is 162 Å². The van der Waals surface area contributed by atoms with Crippen LogP contribution in [0.5, 0.6) is 0 Å². The summed E-state index contributed by atoms with van der Waals surface area (Å²) in [5.74, 6) is -1.30. The van der Waals surface area contributed by atoms with Gasteiger partial charge in [0.05, 0.1) is 5.92 Å². The summed E-state index contributed by atoms with van der Waals surface area (Å²) in [6.45, 7) is 4.25. The molecule has 0 spiro atoms. The molecule has 6 nitrogen and oxygen atoms in total. The van der Waals surface area contributed by atoms with Crippen molar-refractivity contribution in [2.75, 3.05) is 0 Å². The van der Waals surface area contributed by atoms with E-state index in [2.05, 4.69) is 6.92 Å². The molecule has 220 valence electrons. The molecule has 1 aliphatic heterocycles. The average molecular weight is 536 g/mol. The Bertz CT molecular complexity index is 687. The molecular formula is C32H57NO5. The lowest BCUT2D eigenvalue weighted by atomic mass is 9.73. The number of unbranched alkanes of at least 4 members (excludes halogenated alkanes) is 14. The molecule has 2 rings (SSSR count). The van der Waals surface area contributed by atoms with Crippen LogP contribution in [0.15, 0.2) is 0 Å². The van der Waals surface area contributed by atoms with Gasteiger partial charge >= 0.3 is 11.9 Å². The summed E-state index contributed by atoms with van der Waals surface area (Å²) in [4.78, 5) is 37.3. The lowest BCUT2D eigenvalue weighted by Gasteiger charge is -2.38. The predicted molar refractivity (Wildman–Crippen MR) is 152 cm³/mol. The molecule has 2 fully saturated rings. The quantitative estimate of drug-likeness (QED) is 0.0862. The van der Waals surface area contributed by atoms with Gasteiger partial charge < -0.3 is 15.2 Å². The van der Waals surface area contributed by atoms with Gasteiger partial charge in [0.2, 0.25) is 5.91 Å². The number of esters is 2. The molecule has 3 atom stereocenters. The van der Waals surface area contributed by atoms with Gasteiger partial charge in [-0.05, 0) is 32.1 Å². The largest absolute Gasteiger partial charge is 0.461 e. The van der Waals surface area contributed by atoms with Gasteiger partial charge in [0.25, 0.3) is 0 Å². The van der Waals surface area contributed by atoms with Gasteiger partial charge in [-0.15, -0.1) is 0 Å². The Kier molecular flexibility index (Phi) is 16.0. The maximum absolute atomic E-state index is 13.2. The number of amides is 1. The van der Waals surface area contributed by atoms with Crippen LogP contribution in [0.4, 0.5) is 0 Å². The minimum atomic E-state index is -1.19. The fourth-order valence-corrected chi connectivity index (χ4v) is 6.24. The number of hydrogen-bond donors (Lipinski definition) is 1. The van der Waals surface area contributed by atoms with Crippen LogP contribution < -0.4 is 5.73 Å². The molecule has 0 aromatic rings. The molecule has 1 heterocycles. The topological polar surface area (TPSA) is 95.7 Å². The van der Waals surface area contributed by atoms with Crippen LogP contribution in [0.2, 0.25) is 0 Å². The molecule has 2 N–H and O–H groups in total. The van der Waals surface area contributed by atoms with E-state index in [9.17, 15) is 14.4 Å². The molecule has 2 aliphatic rings. The zero-order chi connectivity index (χ0) is 27.6. The van der Waals surface area contributed by atoms with Crippen LogP contribution in [0.25, 0.3) is 0 Å². The van der Waals surface area contributed by atoms with Crippen LogP contribution in [0, 0.1) is 11.3 Å². The Balaban J connectivity index is 1.66. The van der Waals surface area contributed by atoms with Crippen molar-refractivity contribution in [2.24, 2.45) is 17.1 Å². The van der Waals surface area contributed by atoms with E-state index in [1.165, 1.54) is 83.5 Å².